The molecule has 0 saturated carbocycles. The van der Waals surface area contributed by atoms with E-state index in [0.717, 1.165) is 16.6 Å². The Morgan fingerprint density at radius 1 is 1.32 bits per heavy atom. The molecule has 1 aromatic carbocycles. The zero-order valence-electron chi connectivity index (χ0n) is 11.5. The summed E-state index contributed by atoms with van der Waals surface area (Å²) >= 11 is 0. The minimum absolute atomic E-state index is 0.378. The molecule has 0 fully saturated rings. The molecule has 0 amide bonds. The van der Waals surface area contributed by atoms with Gasteiger partial charge in [-0.15, -0.1) is 4.52 Å². The second-order valence-corrected chi connectivity index (χ2v) is 6.43. The minimum Gasteiger partial charge on any atom is -0.329 e. The van der Waals surface area contributed by atoms with E-state index in [0.29, 0.717) is 18.5 Å². The highest BCUT2D eigenvalue weighted by atomic mass is 31.1. The van der Waals surface area contributed by atoms with Crippen molar-refractivity contribution in [3.05, 3.63) is 40.3 Å². The number of azide groups is 1. The summed E-state index contributed by atoms with van der Waals surface area (Å²) in [7, 11) is 4.49. The maximum absolute atomic E-state index is 11.7. The van der Waals surface area contributed by atoms with Gasteiger partial charge in [-0.3, -0.25) is 0 Å². The number of rotatable bonds is 7. The summed E-state index contributed by atoms with van der Waals surface area (Å²) in [4.78, 5) is 2.70. The zero-order chi connectivity index (χ0) is 14.3. The third kappa shape index (κ3) is 6.89. The van der Waals surface area contributed by atoms with E-state index in [1.807, 2.05) is 0 Å². The van der Waals surface area contributed by atoms with Crippen molar-refractivity contribution in [3.63, 3.8) is 0 Å². The Labute approximate surface area is 114 Å². The Kier molecular flexibility index (Phi) is 5.93. The van der Waals surface area contributed by atoms with E-state index in [9.17, 15) is 4.57 Å². The molecule has 0 saturated heterocycles. The number of hydrogen-bond acceptors (Lipinski definition) is 3. The highest BCUT2D eigenvalue weighted by Gasteiger charge is 2.20. The fourth-order valence-electron chi connectivity index (χ4n) is 1.33. The molecule has 1 unspecified atom stereocenters. The predicted octanol–water partition coefficient (Wildman–Crippen LogP) is 3.59. The van der Waals surface area contributed by atoms with Crippen LogP contribution in [0.4, 0.5) is 5.69 Å². The maximum Gasteiger partial charge on any atom is 0.513 e. The zero-order valence-corrected chi connectivity index (χ0v) is 12.4. The summed E-state index contributed by atoms with van der Waals surface area (Å²) in [6, 6.07) is 6.98. The standard InChI is InChI=1S/C12H19N4O2P/c1-16(2,3)8-9-18-19(17)10-11-4-6-12(7-5-11)14-15-13/h4-7H,8-10H2,1-3H3/q+2. The molecule has 0 radical (unpaired) electrons. The smallest absolute Gasteiger partial charge is 0.329 e. The van der Waals surface area contributed by atoms with Gasteiger partial charge in [-0.1, -0.05) is 29.4 Å². The van der Waals surface area contributed by atoms with Gasteiger partial charge >= 0.3 is 8.03 Å². The van der Waals surface area contributed by atoms with Gasteiger partial charge < -0.3 is 4.48 Å². The molecule has 0 N–H and O–H groups in total. The number of hydrogen-bond donors (Lipinski definition) is 0. The van der Waals surface area contributed by atoms with Gasteiger partial charge in [0.1, 0.15) is 6.54 Å². The summed E-state index contributed by atoms with van der Waals surface area (Å²) in [5, 5.41) is 3.48. The van der Waals surface area contributed by atoms with Crippen molar-refractivity contribution in [1.29, 1.82) is 0 Å². The molecule has 0 heterocycles. The maximum atomic E-state index is 11.7. The van der Waals surface area contributed by atoms with Crippen molar-refractivity contribution in [2.24, 2.45) is 5.11 Å². The number of quaternary nitrogens is 1. The number of benzene rings is 1. The third-order valence-electron chi connectivity index (χ3n) is 2.41. The molecule has 0 spiro atoms. The van der Waals surface area contributed by atoms with E-state index in [1.165, 1.54) is 0 Å². The van der Waals surface area contributed by atoms with Crippen LogP contribution >= 0.6 is 8.03 Å². The van der Waals surface area contributed by atoms with Crippen molar-refractivity contribution < 1.29 is 13.6 Å². The van der Waals surface area contributed by atoms with Crippen LogP contribution in [0.5, 0.6) is 0 Å². The van der Waals surface area contributed by atoms with Crippen LogP contribution in [0, 0.1) is 0 Å². The van der Waals surface area contributed by atoms with E-state index < -0.39 is 8.03 Å². The SMILES string of the molecule is C[N+](C)(C)CCO[P+](=O)Cc1ccc(N=[N+]=[N-])cc1. The second-order valence-electron chi connectivity index (χ2n) is 5.19. The summed E-state index contributed by atoms with van der Waals surface area (Å²) in [5.74, 6) is 0. The van der Waals surface area contributed by atoms with Crippen molar-refractivity contribution in [2.45, 2.75) is 6.16 Å². The van der Waals surface area contributed by atoms with Gasteiger partial charge in [0.05, 0.1) is 21.1 Å². The van der Waals surface area contributed by atoms with Crippen LogP contribution in [-0.4, -0.2) is 38.8 Å². The first-order valence-corrected chi connectivity index (χ1v) is 7.29. The lowest BCUT2D eigenvalue weighted by Gasteiger charge is -2.21. The molecule has 0 bridgehead atoms. The van der Waals surface area contributed by atoms with E-state index in [2.05, 4.69) is 31.2 Å². The van der Waals surface area contributed by atoms with Gasteiger partial charge in [0.25, 0.3) is 0 Å². The van der Waals surface area contributed by atoms with Crippen LogP contribution in [0.3, 0.4) is 0 Å². The van der Waals surface area contributed by atoms with Gasteiger partial charge in [-0.2, -0.15) is 0 Å². The molecule has 1 atom stereocenters. The average Bonchev–Trinajstić information content (AvgIpc) is 2.30. The quantitative estimate of drug-likeness (QED) is 0.252. The van der Waals surface area contributed by atoms with Crippen LogP contribution < -0.4 is 0 Å². The first-order chi connectivity index (χ1) is 8.90. The number of likely N-dealkylation sites (N-methyl/N-ethyl adjacent to an activating group) is 1. The van der Waals surface area contributed by atoms with Gasteiger partial charge in [-0.05, 0) is 10.1 Å². The largest absolute Gasteiger partial charge is 0.513 e. The van der Waals surface area contributed by atoms with Crippen molar-refractivity contribution >= 4 is 13.7 Å². The molecule has 0 aliphatic rings. The monoisotopic (exact) mass is 282 g/mol. The molecular weight excluding hydrogens is 263 g/mol. The molecule has 7 heteroatoms. The van der Waals surface area contributed by atoms with E-state index in [1.54, 1.807) is 24.3 Å². The first-order valence-electron chi connectivity index (χ1n) is 5.93. The topological polar surface area (TPSA) is 75.1 Å². The molecule has 0 aliphatic heterocycles. The molecule has 1 rings (SSSR count). The Hall–Kier alpha value is -1.45. The summed E-state index contributed by atoms with van der Waals surface area (Å²) < 4.78 is 17.8. The first kappa shape index (κ1) is 15.6. The van der Waals surface area contributed by atoms with Gasteiger partial charge in [0, 0.05) is 16.2 Å². The van der Waals surface area contributed by atoms with Gasteiger partial charge in [-0.25, -0.2) is 0 Å². The summed E-state index contributed by atoms with van der Waals surface area (Å²) in [6.07, 6.45) is 0.378. The average molecular weight is 282 g/mol. The lowest BCUT2D eigenvalue weighted by atomic mass is 10.2. The molecule has 0 aromatic heterocycles. The molecule has 6 nitrogen and oxygen atoms in total. The van der Waals surface area contributed by atoms with Crippen molar-refractivity contribution in [1.82, 2.24) is 0 Å². The van der Waals surface area contributed by atoms with Crippen molar-refractivity contribution in [2.75, 3.05) is 34.3 Å². The molecule has 19 heavy (non-hydrogen) atoms. The van der Waals surface area contributed by atoms with Crippen LogP contribution in [0.25, 0.3) is 10.4 Å². The molecule has 1 aromatic rings. The highest BCUT2D eigenvalue weighted by molar-refractivity contribution is 7.38. The van der Waals surface area contributed by atoms with Crippen LogP contribution in [-0.2, 0) is 15.3 Å². The molecular formula is C12H19N4O2P+2. The van der Waals surface area contributed by atoms with Gasteiger partial charge in [0.15, 0.2) is 6.61 Å². The fraction of sp³-hybridized carbons (Fsp3) is 0.500. The third-order valence-corrected chi connectivity index (χ3v) is 3.50. The Morgan fingerprint density at radius 2 is 1.95 bits per heavy atom. The predicted molar refractivity (Wildman–Crippen MR) is 75.4 cm³/mol. The van der Waals surface area contributed by atoms with Crippen LogP contribution in [0.2, 0.25) is 0 Å². The summed E-state index contributed by atoms with van der Waals surface area (Å²) in [6.45, 7) is 1.30. The van der Waals surface area contributed by atoms with Crippen LogP contribution in [0.15, 0.2) is 29.4 Å². The number of nitrogens with zero attached hydrogens (tertiary/aromatic N) is 4. The Balaban J connectivity index is 2.42. The van der Waals surface area contributed by atoms with Gasteiger partial charge in [0.2, 0.25) is 6.16 Å². The lowest BCUT2D eigenvalue weighted by molar-refractivity contribution is -0.870. The van der Waals surface area contributed by atoms with E-state index in [4.69, 9.17) is 10.1 Å². The van der Waals surface area contributed by atoms with Crippen LogP contribution in [0.1, 0.15) is 5.56 Å². The van der Waals surface area contributed by atoms with Crippen molar-refractivity contribution in [3.8, 4) is 0 Å². The van der Waals surface area contributed by atoms with E-state index >= 15 is 0 Å². The molecule has 0 aliphatic carbocycles. The minimum atomic E-state index is -1.69. The summed E-state index contributed by atoms with van der Waals surface area (Å²) in [5.41, 5.74) is 9.74. The van der Waals surface area contributed by atoms with E-state index in [-0.39, 0.29) is 0 Å². The Morgan fingerprint density at radius 3 is 2.47 bits per heavy atom. The molecule has 102 valence electrons. The normalized spacial score (nSPS) is 11.8. The second kappa shape index (κ2) is 7.22. The Bertz CT molecular complexity index is 475. The lowest BCUT2D eigenvalue weighted by Crippen LogP contribution is -2.37. The highest BCUT2D eigenvalue weighted by Crippen LogP contribution is 2.28. The fourth-order valence-corrected chi connectivity index (χ4v) is 2.22.